The van der Waals surface area contributed by atoms with E-state index in [9.17, 15) is 4.79 Å². The summed E-state index contributed by atoms with van der Waals surface area (Å²) < 4.78 is 21.6. The normalized spacial score (nSPS) is 16.2. The van der Waals surface area contributed by atoms with Gasteiger partial charge in [-0.05, 0) is 51.8 Å². The van der Waals surface area contributed by atoms with Crippen molar-refractivity contribution in [2.24, 2.45) is 4.99 Å². The van der Waals surface area contributed by atoms with Gasteiger partial charge in [-0.25, -0.2) is 9.79 Å². The Morgan fingerprint density at radius 3 is 2.28 bits per heavy atom. The molecule has 1 aromatic rings. The molecule has 9 nitrogen and oxygen atoms in total. The number of halogens is 1. The summed E-state index contributed by atoms with van der Waals surface area (Å²) in [7, 11) is 4.77. The number of alkyl carbamates (subject to hydrolysis) is 1. The van der Waals surface area contributed by atoms with E-state index in [1.807, 2.05) is 39.8 Å². The molecule has 1 saturated heterocycles. The Balaban J connectivity index is 0.00000512. The van der Waals surface area contributed by atoms with Crippen LogP contribution in [0.5, 0.6) is 17.2 Å². The van der Waals surface area contributed by atoms with Crippen LogP contribution in [-0.4, -0.2) is 69.6 Å². The number of hydrogen-bond donors (Lipinski definition) is 2. The molecule has 0 aromatic heterocycles. The average Bonchev–Trinajstić information content (AvgIpc) is 3.16. The summed E-state index contributed by atoms with van der Waals surface area (Å²) in [5.41, 5.74) is 0.423. The van der Waals surface area contributed by atoms with Gasteiger partial charge in [-0.2, -0.15) is 0 Å². The van der Waals surface area contributed by atoms with Crippen molar-refractivity contribution >= 4 is 36.0 Å². The lowest BCUT2D eigenvalue weighted by molar-refractivity contribution is 0.0507. The molecule has 2 rings (SSSR count). The van der Waals surface area contributed by atoms with Gasteiger partial charge in [0.15, 0.2) is 17.5 Å². The number of nitrogens with zero attached hydrogens (tertiary/aromatic N) is 2. The summed E-state index contributed by atoms with van der Waals surface area (Å²) in [5, 5.41) is 6.28. The highest BCUT2D eigenvalue weighted by Crippen LogP contribution is 2.38. The van der Waals surface area contributed by atoms with Crippen molar-refractivity contribution in [1.82, 2.24) is 15.5 Å². The quantitative estimate of drug-likeness (QED) is 0.298. The second kappa shape index (κ2) is 12.8. The first kappa shape index (κ1) is 27.9. The molecule has 0 aliphatic carbocycles. The molecule has 0 radical (unpaired) electrons. The number of hydrogen-bond acceptors (Lipinski definition) is 6. The molecule has 32 heavy (non-hydrogen) atoms. The molecule has 0 saturated carbocycles. The fourth-order valence-electron chi connectivity index (χ4n) is 3.36. The minimum Gasteiger partial charge on any atom is -0.493 e. The van der Waals surface area contributed by atoms with Crippen molar-refractivity contribution in [3.05, 3.63) is 17.7 Å². The Morgan fingerprint density at radius 2 is 1.78 bits per heavy atom. The van der Waals surface area contributed by atoms with Crippen LogP contribution in [0.3, 0.4) is 0 Å². The zero-order chi connectivity index (χ0) is 23.0. The standard InChI is InChI=1S/C22H36N4O5.HI/c1-8-23-20(26-10-9-16(14-26)25-21(27)31-22(2,3)4)24-13-15-11-17(28-5)19(30-7)18(12-15)29-6;/h11-12,16H,8-10,13-14H2,1-7H3,(H,23,24)(H,25,27);1H. The van der Waals surface area contributed by atoms with Crippen molar-refractivity contribution in [3.8, 4) is 17.2 Å². The van der Waals surface area contributed by atoms with Crippen molar-refractivity contribution in [2.75, 3.05) is 41.0 Å². The number of carbonyl (C=O) groups is 1. The fraction of sp³-hybridized carbons (Fsp3) is 0.636. The van der Waals surface area contributed by atoms with E-state index < -0.39 is 11.7 Å². The van der Waals surface area contributed by atoms with Gasteiger partial charge in [0.1, 0.15) is 5.60 Å². The summed E-state index contributed by atoms with van der Waals surface area (Å²) >= 11 is 0. The largest absolute Gasteiger partial charge is 0.493 e. The van der Waals surface area contributed by atoms with Gasteiger partial charge in [-0.15, -0.1) is 24.0 Å². The monoisotopic (exact) mass is 564 g/mol. The van der Waals surface area contributed by atoms with E-state index in [-0.39, 0.29) is 30.0 Å². The van der Waals surface area contributed by atoms with Crippen LogP contribution >= 0.6 is 24.0 Å². The Labute approximate surface area is 208 Å². The summed E-state index contributed by atoms with van der Waals surface area (Å²) in [6.45, 7) is 10.2. The second-order valence-electron chi connectivity index (χ2n) is 8.28. The molecule has 182 valence electrons. The summed E-state index contributed by atoms with van der Waals surface area (Å²) in [5.74, 6) is 2.55. The maximum absolute atomic E-state index is 12.1. The average molecular weight is 564 g/mol. The summed E-state index contributed by atoms with van der Waals surface area (Å²) in [6.07, 6.45) is 0.437. The number of methoxy groups -OCH3 is 3. The highest BCUT2D eigenvalue weighted by atomic mass is 127. The Hall–Kier alpha value is -2.11. The molecule has 1 heterocycles. The molecule has 1 aromatic carbocycles. The number of ether oxygens (including phenoxy) is 4. The topological polar surface area (TPSA) is 93.7 Å². The van der Waals surface area contributed by atoms with Gasteiger partial charge in [0.25, 0.3) is 0 Å². The SMILES string of the molecule is CCNC(=NCc1cc(OC)c(OC)c(OC)c1)N1CCC(NC(=O)OC(C)(C)C)C1.I. The number of carbonyl (C=O) groups excluding carboxylic acids is 1. The van der Waals surface area contributed by atoms with Crippen molar-refractivity contribution in [3.63, 3.8) is 0 Å². The van der Waals surface area contributed by atoms with Gasteiger partial charge in [-0.3, -0.25) is 0 Å². The molecular formula is C22H37IN4O5. The van der Waals surface area contributed by atoms with Gasteiger partial charge in [-0.1, -0.05) is 0 Å². The first-order valence-corrected chi connectivity index (χ1v) is 10.5. The molecule has 1 amide bonds. The zero-order valence-corrected chi connectivity index (χ0v) is 22.4. The number of nitrogens with one attached hydrogen (secondary N) is 2. The minimum atomic E-state index is -0.515. The number of aliphatic imine (C=N–C) groups is 1. The number of likely N-dealkylation sites (tertiary alicyclic amines) is 1. The molecule has 1 atom stereocenters. The third kappa shape index (κ3) is 8.10. The van der Waals surface area contributed by atoms with E-state index in [1.165, 1.54) is 0 Å². The molecule has 1 aliphatic heterocycles. The predicted molar refractivity (Wildman–Crippen MR) is 136 cm³/mol. The van der Waals surface area contributed by atoms with E-state index >= 15 is 0 Å². The van der Waals surface area contributed by atoms with Crippen LogP contribution in [0.25, 0.3) is 0 Å². The third-order valence-corrected chi connectivity index (χ3v) is 4.68. The molecule has 10 heteroatoms. The van der Waals surface area contributed by atoms with Crippen molar-refractivity contribution < 1.29 is 23.7 Å². The molecule has 1 aliphatic rings. The maximum Gasteiger partial charge on any atom is 0.407 e. The lowest BCUT2D eigenvalue weighted by Crippen LogP contribution is -2.44. The Morgan fingerprint density at radius 1 is 1.16 bits per heavy atom. The van der Waals surface area contributed by atoms with Crippen LogP contribution in [0.1, 0.15) is 39.7 Å². The van der Waals surface area contributed by atoms with E-state index in [1.54, 1.807) is 21.3 Å². The van der Waals surface area contributed by atoms with Crippen LogP contribution in [-0.2, 0) is 11.3 Å². The minimum absolute atomic E-state index is 0. The smallest absolute Gasteiger partial charge is 0.407 e. The van der Waals surface area contributed by atoms with Crippen LogP contribution in [0.15, 0.2) is 17.1 Å². The first-order chi connectivity index (χ1) is 14.7. The number of rotatable bonds is 7. The van der Waals surface area contributed by atoms with E-state index in [4.69, 9.17) is 23.9 Å². The molecular weight excluding hydrogens is 527 g/mol. The van der Waals surface area contributed by atoms with Crippen LogP contribution < -0.4 is 24.8 Å². The number of amides is 1. The summed E-state index contributed by atoms with van der Waals surface area (Å²) in [4.78, 5) is 19.0. The highest BCUT2D eigenvalue weighted by Gasteiger charge is 2.28. The molecule has 1 unspecified atom stereocenters. The van der Waals surface area contributed by atoms with E-state index in [0.717, 1.165) is 31.0 Å². The van der Waals surface area contributed by atoms with Crippen LogP contribution in [0, 0.1) is 0 Å². The van der Waals surface area contributed by atoms with Gasteiger partial charge in [0.2, 0.25) is 5.75 Å². The Kier molecular flexibility index (Phi) is 11.2. The highest BCUT2D eigenvalue weighted by molar-refractivity contribution is 14.0. The van der Waals surface area contributed by atoms with Gasteiger partial charge < -0.3 is 34.5 Å². The lowest BCUT2D eigenvalue weighted by atomic mass is 10.2. The lowest BCUT2D eigenvalue weighted by Gasteiger charge is -2.23. The second-order valence-corrected chi connectivity index (χ2v) is 8.28. The molecule has 0 bridgehead atoms. The van der Waals surface area contributed by atoms with E-state index in [2.05, 4.69) is 15.5 Å². The summed E-state index contributed by atoms with van der Waals surface area (Å²) in [6, 6.07) is 3.80. The molecule has 0 spiro atoms. The molecule has 1 fully saturated rings. The first-order valence-electron chi connectivity index (χ1n) is 10.5. The Bertz CT molecular complexity index is 757. The van der Waals surface area contributed by atoms with Crippen LogP contribution in [0.2, 0.25) is 0 Å². The maximum atomic E-state index is 12.1. The van der Waals surface area contributed by atoms with Crippen molar-refractivity contribution in [1.29, 1.82) is 0 Å². The predicted octanol–water partition coefficient (Wildman–Crippen LogP) is 3.39. The van der Waals surface area contributed by atoms with E-state index in [0.29, 0.717) is 30.3 Å². The fourth-order valence-corrected chi connectivity index (χ4v) is 3.36. The molecule has 2 N–H and O–H groups in total. The van der Waals surface area contributed by atoms with Gasteiger partial charge >= 0.3 is 6.09 Å². The number of benzene rings is 1. The zero-order valence-electron chi connectivity index (χ0n) is 20.1. The van der Waals surface area contributed by atoms with Crippen LogP contribution in [0.4, 0.5) is 4.79 Å². The van der Waals surface area contributed by atoms with Gasteiger partial charge in [0.05, 0.1) is 33.9 Å². The number of guanidine groups is 1. The van der Waals surface area contributed by atoms with Gasteiger partial charge in [0, 0.05) is 19.6 Å². The third-order valence-electron chi connectivity index (χ3n) is 4.68. The van der Waals surface area contributed by atoms with Crippen molar-refractivity contribution in [2.45, 2.75) is 52.3 Å².